The molecule has 1 N–H and O–H groups in total. The zero-order chi connectivity index (χ0) is 12.6. The second-order valence-corrected chi connectivity index (χ2v) is 4.39. The summed E-state index contributed by atoms with van der Waals surface area (Å²) >= 11 is 0. The summed E-state index contributed by atoms with van der Waals surface area (Å²) in [6, 6.07) is 4.11. The minimum Gasteiger partial charge on any atom is -0.337 e. The summed E-state index contributed by atoms with van der Waals surface area (Å²) in [5.41, 5.74) is 2.42. The minimum absolute atomic E-state index is 0.857. The first-order valence-electron chi connectivity index (χ1n) is 6.48. The first-order valence-corrected chi connectivity index (χ1v) is 6.48. The summed E-state index contributed by atoms with van der Waals surface area (Å²) in [4.78, 5) is 8.41. The highest BCUT2D eigenvalue weighted by molar-refractivity contribution is 5.09. The third kappa shape index (κ3) is 3.96. The smallest absolute Gasteiger partial charge is 0.0950 e. The Morgan fingerprint density at radius 1 is 1.28 bits per heavy atom. The summed E-state index contributed by atoms with van der Waals surface area (Å²) in [5, 5.41) is 3.35. The topological polar surface area (TPSA) is 42.7 Å². The van der Waals surface area contributed by atoms with Crippen LogP contribution in [-0.4, -0.2) is 21.1 Å². The van der Waals surface area contributed by atoms with Gasteiger partial charge in [0.2, 0.25) is 0 Å². The van der Waals surface area contributed by atoms with Crippen molar-refractivity contribution in [2.75, 3.05) is 6.54 Å². The zero-order valence-corrected chi connectivity index (χ0v) is 10.8. The first-order chi connectivity index (χ1) is 8.88. The van der Waals surface area contributed by atoms with Crippen LogP contribution < -0.4 is 5.32 Å². The number of aromatic nitrogens is 3. The number of hydrogen-bond acceptors (Lipinski definition) is 3. The lowest BCUT2D eigenvalue weighted by atomic mass is 10.2. The summed E-state index contributed by atoms with van der Waals surface area (Å²) in [6.07, 6.45) is 9.87. The molecule has 4 nitrogen and oxygen atoms in total. The lowest BCUT2D eigenvalue weighted by Gasteiger charge is -2.02. The zero-order valence-electron chi connectivity index (χ0n) is 10.8. The number of nitrogens with one attached hydrogen (secondary N) is 1. The van der Waals surface area contributed by atoms with Crippen LogP contribution in [0.3, 0.4) is 0 Å². The first kappa shape index (κ1) is 12.8. The Balaban J connectivity index is 1.80. The molecule has 0 saturated heterocycles. The van der Waals surface area contributed by atoms with Crippen LogP contribution >= 0.6 is 0 Å². The molecule has 2 aromatic rings. The molecule has 2 rings (SSSR count). The van der Waals surface area contributed by atoms with Crippen molar-refractivity contribution in [3.8, 4) is 0 Å². The van der Waals surface area contributed by atoms with E-state index in [9.17, 15) is 0 Å². The Bertz CT molecular complexity index is 450. The molecule has 0 aliphatic heterocycles. The molecule has 0 bridgehead atoms. The Labute approximate surface area is 108 Å². The predicted octanol–water partition coefficient (Wildman–Crippen LogP) is 2.02. The van der Waals surface area contributed by atoms with Gasteiger partial charge in [0.25, 0.3) is 0 Å². The van der Waals surface area contributed by atoms with E-state index in [4.69, 9.17) is 0 Å². The lowest BCUT2D eigenvalue weighted by molar-refractivity contribution is 0.662. The van der Waals surface area contributed by atoms with Crippen molar-refractivity contribution in [1.29, 1.82) is 0 Å². The van der Waals surface area contributed by atoms with Gasteiger partial charge >= 0.3 is 0 Å². The van der Waals surface area contributed by atoms with Crippen molar-refractivity contribution in [2.24, 2.45) is 0 Å². The van der Waals surface area contributed by atoms with Crippen molar-refractivity contribution in [3.05, 3.63) is 48.3 Å². The lowest BCUT2D eigenvalue weighted by Crippen LogP contribution is -2.13. The standard InChI is InChI=1S/C14H20N4/c1-2-6-16-10-14-11-18(12-17-14)9-5-13-3-7-15-8-4-13/h3-4,7-8,11-12,16H,2,5-6,9-10H2,1H3. The Morgan fingerprint density at radius 2 is 2.11 bits per heavy atom. The van der Waals surface area contributed by atoms with E-state index in [1.807, 2.05) is 18.7 Å². The molecular formula is C14H20N4. The molecule has 0 aliphatic carbocycles. The van der Waals surface area contributed by atoms with Crippen LogP contribution in [0.1, 0.15) is 24.6 Å². The third-order valence-electron chi connectivity index (χ3n) is 2.83. The number of aryl methyl sites for hydroxylation is 2. The van der Waals surface area contributed by atoms with Gasteiger partial charge in [-0.3, -0.25) is 4.98 Å². The van der Waals surface area contributed by atoms with E-state index in [-0.39, 0.29) is 0 Å². The van der Waals surface area contributed by atoms with Crippen molar-refractivity contribution >= 4 is 0 Å². The van der Waals surface area contributed by atoms with E-state index in [0.29, 0.717) is 0 Å². The molecule has 0 unspecified atom stereocenters. The van der Waals surface area contributed by atoms with Crippen LogP contribution in [0, 0.1) is 0 Å². The number of pyridine rings is 1. The van der Waals surface area contributed by atoms with Crippen LogP contribution in [0.2, 0.25) is 0 Å². The van der Waals surface area contributed by atoms with Crippen LogP contribution in [0.25, 0.3) is 0 Å². The summed E-state index contributed by atoms with van der Waals surface area (Å²) in [5.74, 6) is 0. The SMILES string of the molecule is CCCNCc1cn(CCc2ccncc2)cn1. The largest absolute Gasteiger partial charge is 0.337 e. The molecule has 0 saturated carbocycles. The minimum atomic E-state index is 0.857. The fraction of sp³-hybridized carbons (Fsp3) is 0.429. The molecule has 2 heterocycles. The van der Waals surface area contributed by atoms with Crippen LogP contribution in [0.5, 0.6) is 0 Å². The van der Waals surface area contributed by atoms with Crippen molar-refractivity contribution < 1.29 is 0 Å². The number of rotatable bonds is 7. The molecule has 0 atom stereocenters. The highest BCUT2D eigenvalue weighted by atomic mass is 15.0. The molecule has 0 radical (unpaired) electrons. The van der Waals surface area contributed by atoms with Gasteiger partial charge in [0.15, 0.2) is 0 Å². The molecule has 4 heteroatoms. The fourth-order valence-corrected chi connectivity index (χ4v) is 1.82. The van der Waals surface area contributed by atoms with Gasteiger partial charge in [-0.1, -0.05) is 6.92 Å². The van der Waals surface area contributed by atoms with Gasteiger partial charge in [-0.15, -0.1) is 0 Å². The molecule has 96 valence electrons. The average molecular weight is 244 g/mol. The van der Waals surface area contributed by atoms with Crippen LogP contribution in [0.15, 0.2) is 37.1 Å². The summed E-state index contributed by atoms with van der Waals surface area (Å²) in [6.45, 7) is 5.03. The van der Waals surface area contributed by atoms with Gasteiger partial charge in [-0.2, -0.15) is 0 Å². The molecule has 18 heavy (non-hydrogen) atoms. The number of hydrogen-bond donors (Lipinski definition) is 1. The highest BCUT2D eigenvalue weighted by Crippen LogP contribution is 2.02. The third-order valence-corrected chi connectivity index (χ3v) is 2.83. The summed E-state index contributed by atoms with van der Waals surface area (Å²) < 4.78 is 2.14. The molecule has 0 fully saturated rings. The second-order valence-electron chi connectivity index (χ2n) is 4.39. The molecular weight excluding hydrogens is 224 g/mol. The maximum atomic E-state index is 4.39. The summed E-state index contributed by atoms with van der Waals surface area (Å²) in [7, 11) is 0. The Hall–Kier alpha value is -1.68. The number of nitrogens with zero attached hydrogens (tertiary/aromatic N) is 3. The van der Waals surface area contributed by atoms with Gasteiger partial charge in [0, 0.05) is 31.7 Å². The van der Waals surface area contributed by atoms with Crippen molar-refractivity contribution in [1.82, 2.24) is 19.9 Å². The van der Waals surface area contributed by atoms with Crippen LogP contribution in [0.4, 0.5) is 0 Å². The van der Waals surface area contributed by atoms with E-state index in [1.54, 1.807) is 0 Å². The molecule has 0 amide bonds. The fourth-order valence-electron chi connectivity index (χ4n) is 1.82. The Kier molecular flexibility index (Phi) is 4.90. The van der Waals surface area contributed by atoms with Crippen molar-refractivity contribution in [2.45, 2.75) is 32.9 Å². The molecule has 0 spiro atoms. The monoisotopic (exact) mass is 244 g/mol. The molecule has 0 aromatic carbocycles. The quantitative estimate of drug-likeness (QED) is 0.758. The van der Waals surface area contributed by atoms with Crippen molar-refractivity contribution in [3.63, 3.8) is 0 Å². The van der Waals surface area contributed by atoms with E-state index < -0.39 is 0 Å². The van der Waals surface area contributed by atoms with Gasteiger partial charge in [0.05, 0.1) is 12.0 Å². The van der Waals surface area contributed by atoms with E-state index in [1.165, 1.54) is 5.56 Å². The second kappa shape index (κ2) is 6.91. The predicted molar refractivity (Wildman–Crippen MR) is 72.2 cm³/mol. The normalized spacial score (nSPS) is 10.7. The van der Waals surface area contributed by atoms with E-state index >= 15 is 0 Å². The van der Waals surface area contributed by atoms with Gasteiger partial charge < -0.3 is 9.88 Å². The van der Waals surface area contributed by atoms with E-state index in [2.05, 4.69) is 45.1 Å². The van der Waals surface area contributed by atoms with Crippen LogP contribution in [-0.2, 0) is 19.5 Å². The maximum Gasteiger partial charge on any atom is 0.0950 e. The Morgan fingerprint density at radius 3 is 2.89 bits per heavy atom. The van der Waals surface area contributed by atoms with Gasteiger partial charge in [-0.05, 0) is 37.1 Å². The highest BCUT2D eigenvalue weighted by Gasteiger charge is 1.99. The van der Waals surface area contributed by atoms with Gasteiger partial charge in [-0.25, -0.2) is 4.98 Å². The van der Waals surface area contributed by atoms with Gasteiger partial charge in [0.1, 0.15) is 0 Å². The average Bonchev–Trinajstić information content (AvgIpc) is 2.86. The molecule has 0 aliphatic rings. The number of imidazole rings is 1. The van der Waals surface area contributed by atoms with E-state index in [0.717, 1.165) is 38.2 Å². The molecule has 2 aromatic heterocycles. The maximum absolute atomic E-state index is 4.39.